The van der Waals surface area contributed by atoms with Crippen molar-refractivity contribution < 1.29 is 9.59 Å². The van der Waals surface area contributed by atoms with Gasteiger partial charge in [0, 0.05) is 52.0 Å². The molecule has 1 aliphatic heterocycles. The van der Waals surface area contributed by atoms with E-state index in [0.717, 1.165) is 42.2 Å². The predicted octanol–water partition coefficient (Wildman–Crippen LogP) is 1.13. The summed E-state index contributed by atoms with van der Waals surface area (Å²) in [6.07, 6.45) is 5.34. The summed E-state index contributed by atoms with van der Waals surface area (Å²) in [6, 6.07) is 0.131. The highest BCUT2D eigenvalue weighted by Crippen LogP contribution is 2.27. The van der Waals surface area contributed by atoms with Gasteiger partial charge in [0.1, 0.15) is 9.88 Å². The molecule has 9 heteroatoms. The van der Waals surface area contributed by atoms with E-state index in [2.05, 4.69) is 20.3 Å². The first kappa shape index (κ1) is 19.5. The van der Waals surface area contributed by atoms with E-state index in [4.69, 9.17) is 0 Å². The molecule has 0 aliphatic carbocycles. The van der Waals surface area contributed by atoms with Crippen LogP contribution in [0.1, 0.15) is 28.2 Å². The van der Waals surface area contributed by atoms with Gasteiger partial charge in [0.25, 0.3) is 5.91 Å². The van der Waals surface area contributed by atoms with Crippen LogP contribution < -0.4 is 5.32 Å². The first-order valence-electron chi connectivity index (χ1n) is 9.03. The van der Waals surface area contributed by atoms with Gasteiger partial charge in [-0.05, 0) is 19.8 Å². The Balaban J connectivity index is 1.56. The average molecular weight is 391 g/mol. The van der Waals surface area contributed by atoms with E-state index < -0.39 is 0 Å². The average Bonchev–Trinajstić information content (AvgIpc) is 3.22. The molecule has 0 saturated carbocycles. The highest BCUT2D eigenvalue weighted by Gasteiger charge is 2.24. The zero-order chi connectivity index (χ0) is 19.6. The molecule has 0 atom stereocenters. The molecule has 1 N–H and O–H groups in total. The van der Waals surface area contributed by atoms with Crippen molar-refractivity contribution >= 4 is 23.2 Å². The summed E-state index contributed by atoms with van der Waals surface area (Å²) in [5.74, 6) is 0.0451. The summed E-state index contributed by atoms with van der Waals surface area (Å²) < 4.78 is 1.72. The van der Waals surface area contributed by atoms with E-state index in [1.807, 2.05) is 20.2 Å². The van der Waals surface area contributed by atoms with Gasteiger partial charge in [-0.3, -0.25) is 19.2 Å². The van der Waals surface area contributed by atoms with Crippen LogP contribution in [-0.2, 0) is 11.8 Å². The Morgan fingerprint density at radius 3 is 2.63 bits per heavy atom. The van der Waals surface area contributed by atoms with Crippen LogP contribution in [0.15, 0.2) is 12.4 Å². The normalized spacial score (nSPS) is 15.7. The molecule has 3 rings (SSSR count). The number of likely N-dealkylation sites (tertiary alicyclic amines) is 1. The van der Waals surface area contributed by atoms with Gasteiger partial charge in [0.15, 0.2) is 0 Å². The molecule has 27 heavy (non-hydrogen) atoms. The molecule has 1 saturated heterocycles. The highest BCUT2D eigenvalue weighted by molar-refractivity contribution is 7.17. The second-order valence-corrected chi connectivity index (χ2v) is 8.15. The van der Waals surface area contributed by atoms with Crippen LogP contribution in [0.4, 0.5) is 0 Å². The molecule has 8 nitrogen and oxygen atoms in total. The fourth-order valence-electron chi connectivity index (χ4n) is 3.08. The number of nitrogens with zero attached hydrogens (tertiary/aromatic N) is 5. The van der Waals surface area contributed by atoms with Crippen molar-refractivity contribution in [2.24, 2.45) is 7.05 Å². The molecule has 2 aromatic heterocycles. The monoisotopic (exact) mass is 390 g/mol. The Kier molecular flexibility index (Phi) is 5.91. The molecule has 3 heterocycles. The van der Waals surface area contributed by atoms with E-state index in [-0.39, 0.29) is 17.9 Å². The van der Waals surface area contributed by atoms with Crippen LogP contribution in [0.3, 0.4) is 0 Å². The number of thiazole rings is 1. The summed E-state index contributed by atoms with van der Waals surface area (Å²) in [6.45, 7) is 3.93. The second-order valence-electron chi connectivity index (χ2n) is 7.15. The van der Waals surface area contributed by atoms with Crippen LogP contribution in [0.2, 0.25) is 0 Å². The summed E-state index contributed by atoms with van der Waals surface area (Å²) in [5, 5.41) is 8.10. The van der Waals surface area contributed by atoms with Crippen molar-refractivity contribution in [3.63, 3.8) is 0 Å². The third kappa shape index (κ3) is 4.72. The molecule has 0 bridgehead atoms. The van der Waals surface area contributed by atoms with E-state index in [9.17, 15) is 9.59 Å². The number of aromatic nitrogens is 3. The number of piperidine rings is 1. The van der Waals surface area contributed by atoms with Gasteiger partial charge >= 0.3 is 0 Å². The smallest absolute Gasteiger partial charge is 0.263 e. The third-order valence-corrected chi connectivity index (χ3v) is 5.94. The Morgan fingerprint density at radius 1 is 1.33 bits per heavy atom. The quantitative estimate of drug-likeness (QED) is 0.828. The highest BCUT2D eigenvalue weighted by atomic mass is 32.1. The molecule has 0 spiro atoms. The molecule has 1 aliphatic rings. The van der Waals surface area contributed by atoms with Crippen LogP contribution in [0, 0.1) is 6.92 Å². The van der Waals surface area contributed by atoms with E-state index >= 15 is 0 Å². The fourth-order valence-corrected chi connectivity index (χ4v) is 4.03. The zero-order valence-electron chi connectivity index (χ0n) is 16.2. The Bertz CT molecular complexity index is 820. The number of nitrogens with one attached hydrogen (secondary N) is 1. The van der Waals surface area contributed by atoms with Crippen LogP contribution in [0.25, 0.3) is 10.6 Å². The first-order chi connectivity index (χ1) is 12.8. The topological polar surface area (TPSA) is 83.4 Å². The molecule has 2 aromatic rings. The maximum atomic E-state index is 12.7. The lowest BCUT2D eigenvalue weighted by molar-refractivity contribution is -0.130. The van der Waals surface area contributed by atoms with E-state index in [1.54, 1.807) is 29.9 Å². The van der Waals surface area contributed by atoms with Gasteiger partial charge in [-0.25, -0.2) is 4.98 Å². The number of amides is 2. The largest absolute Gasteiger partial charge is 0.348 e. The van der Waals surface area contributed by atoms with Crippen molar-refractivity contribution in [3.05, 3.63) is 23.0 Å². The Labute approximate surface area is 163 Å². The number of carbonyl (C=O) groups is 2. The lowest BCUT2D eigenvalue weighted by atomic mass is 10.0. The molecule has 0 aromatic carbocycles. The summed E-state index contributed by atoms with van der Waals surface area (Å²) in [4.78, 5) is 33.4. The minimum absolute atomic E-state index is 0.0667. The lowest BCUT2D eigenvalue weighted by Crippen LogP contribution is -2.47. The van der Waals surface area contributed by atoms with Gasteiger partial charge in [-0.2, -0.15) is 5.10 Å². The number of aryl methyl sites for hydroxylation is 2. The summed E-state index contributed by atoms with van der Waals surface area (Å²) >= 11 is 1.40. The van der Waals surface area contributed by atoms with Gasteiger partial charge < -0.3 is 10.2 Å². The van der Waals surface area contributed by atoms with Gasteiger partial charge in [-0.15, -0.1) is 11.3 Å². The summed E-state index contributed by atoms with van der Waals surface area (Å²) in [5.41, 5.74) is 1.66. The summed E-state index contributed by atoms with van der Waals surface area (Å²) in [7, 11) is 5.40. The van der Waals surface area contributed by atoms with Crippen molar-refractivity contribution in [1.29, 1.82) is 0 Å². The number of likely N-dealkylation sites (N-methyl/N-ethyl adjacent to an activating group) is 1. The molecule has 0 radical (unpaired) electrons. The standard InChI is InChI=1S/C18H26N6O2S/c1-12-16(27-18(20-12)13-9-19-23(4)10-13)17(26)21-14-5-7-24(8-6-14)11-15(25)22(2)3/h9-10,14H,5-8,11H2,1-4H3,(H,21,26). The lowest BCUT2D eigenvalue weighted by Gasteiger charge is -2.32. The fraction of sp³-hybridized carbons (Fsp3) is 0.556. The molecule has 2 amide bonds. The van der Waals surface area contributed by atoms with Crippen molar-refractivity contribution in [1.82, 2.24) is 29.9 Å². The van der Waals surface area contributed by atoms with Crippen LogP contribution >= 0.6 is 11.3 Å². The van der Waals surface area contributed by atoms with Crippen LogP contribution in [-0.4, -0.2) is 76.2 Å². The molecule has 146 valence electrons. The minimum atomic E-state index is -0.0667. The van der Waals surface area contributed by atoms with E-state index in [1.165, 1.54) is 11.3 Å². The first-order valence-corrected chi connectivity index (χ1v) is 9.85. The van der Waals surface area contributed by atoms with Crippen molar-refractivity contribution in [2.45, 2.75) is 25.8 Å². The maximum Gasteiger partial charge on any atom is 0.263 e. The Hall–Kier alpha value is -2.26. The van der Waals surface area contributed by atoms with Gasteiger partial charge in [0.2, 0.25) is 5.91 Å². The Morgan fingerprint density at radius 2 is 2.04 bits per heavy atom. The number of hydrogen-bond donors (Lipinski definition) is 1. The molecular weight excluding hydrogens is 364 g/mol. The number of carbonyl (C=O) groups excluding carboxylic acids is 2. The number of hydrogen-bond acceptors (Lipinski definition) is 6. The molecule has 1 fully saturated rings. The second kappa shape index (κ2) is 8.18. The van der Waals surface area contributed by atoms with Crippen molar-refractivity contribution in [3.8, 4) is 10.6 Å². The zero-order valence-corrected chi connectivity index (χ0v) is 17.0. The van der Waals surface area contributed by atoms with Gasteiger partial charge in [-0.1, -0.05) is 0 Å². The minimum Gasteiger partial charge on any atom is -0.348 e. The van der Waals surface area contributed by atoms with Crippen molar-refractivity contribution in [2.75, 3.05) is 33.7 Å². The third-order valence-electron chi connectivity index (χ3n) is 4.74. The maximum absolute atomic E-state index is 12.7. The van der Waals surface area contributed by atoms with Crippen LogP contribution in [0.5, 0.6) is 0 Å². The molecular formula is C18H26N6O2S. The predicted molar refractivity (Wildman–Crippen MR) is 105 cm³/mol. The van der Waals surface area contributed by atoms with E-state index in [0.29, 0.717) is 11.4 Å². The molecule has 0 unspecified atom stereocenters. The SMILES string of the molecule is Cc1nc(-c2cnn(C)c2)sc1C(=O)NC1CCN(CC(=O)N(C)C)CC1. The van der Waals surface area contributed by atoms with Gasteiger partial charge in [0.05, 0.1) is 18.4 Å². The number of rotatable bonds is 5.